The number of carbonyl (C=O) groups is 2. The Balaban J connectivity index is 1.49. The standard InChI is InChI=1S/C26H21ClN4O3/c27-19-9-11-21(12-10-19)29-26(34)30-24(18-6-2-1-3-7-18)25(33)28-20-13-15-22(16-14-20)31-17-5-4-8-23(31)32/h1-17,24H,(H,28,33)(H2,29,30,34). The molecule has 0 fully saturated rings. The Hall–Kier alpha value is -4.36. The summed E-state index contributed by atoms with van der Waals surface area (Å²) in [5.41, 5.74) is 2.21. The van der Waals surface area contributed by atoms with Crippen LogP contribution in [0.1, 0.15) is 11.6 Å². The van der Waals surface area contributed by atoms with E-state index in [0.717, 1.165) is 0 Å². The molecule has 0 radical (unpaired) electrons. The molecule has 0 aliphatic heterocycles. The number of anilines is 2. The first kappa shape index (κ1) is 22.8. The molecular weight excluding hydrogens is 452 g/mol. The van der Waals surface area contributed by atoms with Crippen LogP contribution >= 0.6 is 11.6 Å². The lowest BCUT2D eigenvalue weighted by Crippen LogP contribution is -2.39. The van der Waals surface area contributed by atoms with Gasteiger partial charge in [-0.25, -0.2) is 4.79 Å². The maximum Gasteiger partial charge on any atom is 0.320 e. The number of pyridine rings is 1. The van der Waals surface area contributed by atoms with Gasteiger partial charge in [-0.2, -0.15) is 0 Å². The lowest BCUT2D eigenvalue weighted by molar-refractivity contribution is -0.118. The zero-order valence-electron chi connectivity index (χ0n) is 17.9. The van der Waals surface area contributed by atoms with Crippen molar-refractivity contribution in [3.05, 3.63) is 124 Å². The van der Waals surface area contributed by atoms with E-state index in [2.05, 4.69) is 16.0 Å². The Kier molecular flexibility index (Phi) is 7.05. The number of nitrogens with one attached hydrogen (secondary N) is 3. The molecule has 0 saturated carbocycles. The second-order valence-corrected chi connectivity index (χ2v) is 7.83. The van der Waals surface area contributed by atoms with Crippen LogP contribution in [-0.4, -0.2) is 16.5 Å². The maximum absolute atomic E-state index is 13.1. The van der Waals surface area contributed by atoms with E-state index in [0.29, 0.717) is 27.6 Å². The van der Waals surface area contributed by atoms with Crippen LogP contribution in [0.4, 0.5) is 16.2 Å². The second kappa shape index (κ2) is 10.5. The lowest BCUT2D eigenvalue weighted by atomic mass is 10.1. The molecule has 170 valence electrons. The first-order valence-corrected chi connectivity index (χ1v) is 10.8. The van der Waals surface area contributed by atoms with E-state index in [1.165, 1.54) is 10.6 Å². The van der Waals surface area contributed by atoms with Crippen molar-refractivity contribution in [2.75, 3.05) is 10.6 Å². The fraction of sp³-hybridized carbons (Fsp3) is 0.0385. The predicted octanol–water partition coefficient (Wildman–Crippen LogP) is 4.99. The van der Waals surface area contributed by atoms with Crippen LogP contribution < -0.4 is 21.5 Å². The highest BCUT2D eigenvalue weighted by Gasteiger charge is 2.23. The molecule has 4 rings (SSSR count). The third-order valence-corrected chi connectivity index (χ3v) is 5.26. The van der Waals surface area contributed by atoms with E-state index < -0.39 is 18.0 Å². The molecule has 0 aliphatic rings. The number of nitrogens with zero attached hydrogens (tertiary/aromatic N) is 1. The van der Waals surface area contributed by atoms with Gasteiger partial charge in [0.05, 0.1) is 0 Å². The van der Waals surface area contributed by atoms with Gasteiger partial charge in [0, 0.05) is 34.3 Å². The molecule has 0 bridgehead atoms. The molecule has 3 N–H and O–H groups in total. The molecule has 3 aromatic carbocycles. The van der Waals surface area contributed by atoms with Crippen molar-refractivity contribution in [2.45, 2.75) is 6.04 Å². The Morgan fingerprint density at radius 1 is 0.735 bits per heavy atom. The molecule has 0 spiro atoms. The van der Waals surface area contributed by atoms with Gasteiger partial charge in [-0.05, 0) is 60.2 Å². The van der Waals surface area contributed by atoms with Gasteiger partial charge in [0.1, 0.15) is 6.04 Å². The molecule has 1 aromatic heterocycles. The number of aromatic nitrogens is 1. The normalized spacial score (nSPS) is 11.3. The minimum atomic E-state index is -0.940. The molecule has 3 amide bonds. The highest BCUT2D eigenvalue weighted by molar-refractivity contribution is 6.30. The van der Waals surface area contributed by atoms with E-state index in [1.54, 1.807) is 91.1 Å². The van der Waals surface area contributed by atoms with Crippen molar-refractivity contribution >= 4 is 34.9 Å². The summed E-state index contributed by atoms with van der Waals surface area (Å²) in [5.74, 6) is -0.415. The Bertz CT molecular complexity index is 1340. The third kappa shape index (κ3) is 5.70. The molecule has 34 heavy (non-hydrogen) atoms. The van der Waals surface area contributed by atoms with E-state index in [9.17, 15) is 14.4 Å². The van der Waals surface area contributed by atoms with Crippen LogP contribution in [0.3, 0.4) is 0 Å². The maximum atomic E-state index is 13.1. The predicted molar refractivity (Wildman–Crippen MR) is 133 cm³/mol. The molecule has 1 heterocycles. The number of halogens is 1. The van der Waals surface area contributed by atoms with Crippen LogP contribution in [0, 0.1) is 0 Å². The van der Waals surface area contributed by atoms with Crippen molar-refractivity contribution in [1.82, 2.24) is 9.88 Å². The average Bonchev–Trinajstić information content (AvgIpc) is 2.85. The summed E-state index contributed by atoms with van der Waals surface area (Å²) in [6.07, 6.45) is 1.67. The monoisotopic (exact) mass is 472 g/mol. The number of hydrogen-bond acceptors (Lipinski definition) is 3. The third-order valence-electron chi connectivity index (χ3n) is 5.01. The topological polar surface area (TPSA) is 92.2 Å². The minimum Gasteiger partial charge on any atom is -0.324 e. The molecule has 1 atom stereocenters. The first-order valence-electron chi connectivity index (χ1n) is 10.5. The van der Waals surface area contributed by atoms with Crippen LogP contribution in [0.2, 0.25) is 5.02 Å². The number of amides is 3. The van der Waals surface area contributed by atoms with E-state index in [4.69, 9.17) is 11.6 Å². The largest absolute Gasteiger partial charge is 0.324 e. The van der Waals surface area contributed by atoms with Crippen molar-refractivity contribution in [1.29, 1.82) is 0 Å². The Labute approximate surface area is 201 Å². The molecular formula is C26H21ClN4O3. The van der Waals surface area contributed by atoms with Gasteiger partial charge in [-0.3, -0.25) is 14.2 Å². The Morgan fingerprint density at radius 3 is 2.03 bits per heavy atom. The number of carbonyl (C=O) groups excluding carboxylic acids is 2. The zero-order valence-corrected chi connectivity index (χ0v) is 18.7. The van der Waals surface area contributed by atoms with Gasteiger partial charge in [0.15, 0.2) is 0 Å². The quantitative estimate of drug-likeness (QED) is 0.369. The van der Waals surface area contributed by atoms with Crippen molar-refractivity contribution < 1.29 is 9.59 Å². The summed E-state index contributed by atoms with van der Waals surface area (Å²) in [4.78, 5) is 37.8. The summed E-state index contributed by atoms with van der Waals surface area (Å²) >= 11 is 5.89. The summed E-state index contributed by atoms with van der Waals surface area (Å²) in [6.45, 7) is 0. The molecule has 7 nitrogen and oxygen atoms in total. The molecule has 0 saturated heterocycles. The van der Waals surface area contributed by atoms with E-state index in [-0.39, 0.29) is 5.56 Å². The number of hydrogen-bond donors (Lipinski definition) is 3. The van der Waals surface area contributed by atoms with Gasteiger partial charge in [-0.1, -0.05) is 48.0 Å². The van der Waals surface area contributed by atoms with E-state index >= 15 is 0 Å². The molecule has 1 unspecified atom stereocenters. The smallest absolute Gasteiger partial charge is 0.320 e. The first-order chi connectivity index (χ1) is 16.5. The SMILES string of the molecule is O=C(Nc1ccc(Cl)cc1)NC(C(=O)Nc1ccc(-n2ccccc2=O)cc1)c1ccccc1. The van der Waals surface area contributed by atoms with Crippen LogP contribution in [-0.2, 0) is 4.79 Å². The molecule has 0 aliphatic carbocycles. The number of urea groups is 1. The lowest BCUT2D eigenvalue weighted by Gasteiger charge is -2.19. The molecule has 8 heteroatoms. The van der Waals surface area contributed by atoms with Crippen molar-refractivity contribution in [2.24, 2.45) is 0 Å². The summed E-state index contributed by atoms with van der Waals surface area (Å²) in [6, 6.07) is 25.9. The zero-order chi connectivity index (χ0) is 23.9. The average molecular weight is 473 g/mol. The number of rotatable bonds is 6. The van der Waals surface area contributed by atoms with Gasteiger partial charge < -0.3 is 16.0 Å². The highest BCUT2D eigenvalue weighted by Crippen LogP contribution is 2.19. The fourth-order valence-electron chi connectivity index (χ4n) is 3.34. The van der Waals surface area contributed by atoms with Gasteiger partial charge in [0.2, 0.25) is 0 Å². The minimum absolute atomic E-state index is 0.153. The highest BCUT2D eigenvalue weighted by atomic mass is 35.5. The van der Waals surface area contributed by atoms with Crippen LogP contribution in [0.15, 0.2) is 108 Å². The van der Waals surface area contributed by atoms with Crippen LogP contribution in [0.25, 0.3) is 5.69 Å². The van der Waals surface area contributed by atoms with Crippen LogP contribution in [0.5, 0.6) is 0 Å². The van der Waals surface area contributed by atoms with Gasteiger partial charge in [0.25, 0.3) is 11.5 Å². The number of benzene rings is 3. The fourth-order valence-corrected chi connectivity index (χ4v) is 3.46. The molecule has 4 aromatic rings. The van der Waals surface area contributed by atoms with Crippen molar-refractivity contribution in [3.63, 3.8) is 0 Å². The van der Waals surface area contributed by atoms with Crippen molar-refractivity contribution in [3.8, 4) is 5.69 Å². The second-order valence-electron chi connectivity index (χ2n) is 7.39. The Morgan fingerprint density at radius 2 is 1.35 bits per heavy atom. The van der Waals surface area contributed by atoms with E-state index in [1.807, 2.05) is 6.07 Å². The summed E-state index contributed by atoms with van der Waals surface area (Å²) in [5, 5.41) is 8.79. The van der Waals surface area contributed by atoms with Gasteiger partial charge >= 0.3 is 6.03 Å². The summed E-state index contributed by atoms with van der Waals surface area (Å²) in [7, 11) is 0. The summed E-state index contributed by atoms with van der Waals surface area (Å²) < 4.78 is 1.50. The van der Waals surface area contributed by atoms with Gasteiger partial charge in [-0.15, -0.1) is 0 Å².